The first-order valence-electron chi connectivity index (χ1n) is 5.93. The van der Waals surface area contributed by atoms with Gasteiger partial charge in [-0.2, -0.15) is 15.1 Å². The standard InChI is InChI=1S/C11H14ClN5O/c1-17-10-8(6-13-17)9(15-11(12)16-10)14-7-2-4-18-5-3-7/h6-7H,2-5H2,1H3,(H,14,15,16). The Bertz CT molecular complexity index is 564. The summed E-state index contributed by atoms with van der Waals surface area (Å²) in [5.41, 5.74) is 0.740. The van der Waals surface area contributed by atoms with Crippen LogP contribution in [0.25, 0.3) is 11.0 Å². The summed E-state index contributed by atoms with van der Waals surface area (Å²) in [4.78, 5) is 8.44. The van der Waals surface area contributed by atoms with Gasteiger partial charge in [0.15, 0.2) is 5.65 Å². The molecule has 1 N–H and O–H groups in total. The molecule has 0 unspecified atom stereocenters. The third kappa shape index (κ3) is 2.13. The summed E-state index contributed by atoms with van der Waals surface area (Å²) in [6, 6.07) is 0.369. The summed E-state index contributed by atoms with van der Waals surface area (Å²) in [7, 11) is 1.84. The molecule has 0 saturated carbocycles. The Morgan fingerprint density at radius 1 is 1.39 bits per heavy atom. The van der Waals surface area contributed by atoms with E-state index in [4.69, 9.17) is 16.3 Å². The Hall–Kier alpha value is -1.40. The van der Waals surface area contributed by atoms with Crippen LogP contribution in [0.1, 0.15) is 12.8 Å². The van der Waals surface area contributed by atoms with Crippen LogP contribution in [-0.4, -0.2) is 39.0 Å². The number of aromatic nitrogens is 4. The van der Waals surface area contributed by atoms with Gasteiger partial charge in [0.2, 0.25) is 5.28 Å². The predicted octanol–water partition coefficient (Wildman–Crippen LogP) is 1.61. The van der Waals surface area contributed by atoms with Gasteiger partial charge < -0.3 is 10.1 Å². The summed E-state index contributed by atoms with van der Waals surface area (Å²) in [5.74, 6) is 0.755. The van der Waals surface area contributed by atoms with Crippen molar-refractivity contribution in [3.05, 3.63) is 11.5 Å². The monoisotopic (exact) mass is 267 g/mol. The van der Waals surface area contributed by atoms with E-state index in [-0.39, 0.29) is 5.28 Å². The van der Waals surface area contributed by atoms with Crippen molar-refractivity contribution >= 4 is 28.5 Å². The van der Waals surface area contributed by atoms with Gasteiger partial charge in [0.05, 0.1) is 11.6 Å². The Morgan fingerprint density at radius 3 is 2.94 bits per heavy atom. The van der Waals surface area contributed by atoms with E-state index in [0.717, 1.165) is 42.9 Å². The number of halogens is 1. The number of ether oxygens (including phenoxy) is 1. The normalized spacial score (nSPS) is 17.2. The number of nitrogens with one attached hydrogen (secondary N) is 1. The number of hydrogen-bond acceptors (Lipinski definition) is 5. The van der Waals surface area contributed by atoms with Crippen molar-refractivity contribution in [2.24, 2.45) is 7.05 Å². The van der Waals surface area contributed by atoms with Crippen LogP contribution in [0.15, 0.2) is 6.20 Å². The topological polar surface area (TPSA) is 64.9 Å². The molecule has 7 heteroatoms. The van der Waals surface area contributed by atoms with Crippen molar-refractivity contribution in [3.63, 3.8) is 0 Å². The number of nitrogens with zero attached hydrogens (tertiary/aromatic N) is 4. The van der Waals surface area contributed by atoms with Gasteiger partial charge in [-0.05, 0) is 24.4 Å². The maximum Gasteiger partial charge on any atom is 0.226 e. The first-order chi connectivity index (χ1) is 8.74. The number of hydrogen-bond donors (Lipinski definition) is 1. The highest BCUT2D eigenvalue weighted by Gasteiger charge is 2.17. The zero-order valence-corrected chi connectivity index (χ0v) is 10.8. The molecule has 1 aliphatic heterocycles. The molecule has 2 aromatic rings. The smallest absolute Gasteiger partial charge is 0.226 e. The largest absolute Gasteiger partial charge is 0.381 e. The minimum absolute atomic E-state index is 0.237. The minimum atomic E-state index is 0.237. The fourth-order valence-corrected chi connectivity index (χ4v) is 2.31. The molecule has 18 heavy (non-hydrogen) atoms. The average Bonchev–Trinajstić information content (AvgIpc) is 2.73. The van der Waals surface area contributed by atoms with Crippen LogP contribution in [0.3, 0.4) is 0 Å². The highest BCUT2D eigenvalue weighted by atomic mass is 35.5. The van der Waals surface area contributed by atoms with Gasteiger partial charge in [0.1, 0.15) is 5.82 Å². The molecular weight excluding hydrogens is 254 g/mol. The summed E-state index contributed by atoms with van der Waals surface area (Å²) in [6.07, 6.45) is 3.71. The fraction of sp³-hybridized carbons (Fsp3) is 0.545. The molecule has 6 nitrogen and oxygen atoms in total. The minimum Gasteiger partial charge on any atom is -0.381 e. The van der Waals surface area contributed by atoms with E-state index in [1.165, 1.54) is 0 Å². The third-order valence-electron chi connectivity index (χ3n) is 3.13. The SMILES string of the molecule is Cn1ncc2c(NC3CCOCC3)nc(Cl)nc21. The zero-order chi connectivity index (χ0) is 12.5. The van der Waals surface area contributed by atoms with Gasteiger partial charge in [0.25, 0.3) is 0 Å². The van der Waals surface area contributed by atoms with Gasteiger partial charge in [-0.3, -0.25) is 4.68 Å². The van der Waals surface area contributed by atoms with Crippen molar-refractivity contribution in [2.75, 3.05) is 18.5 Å². The zero-order valence-electron chi connectivity index (χ0n) is 10.1. The highest BCUT2D eigenvalue weighted by Crippen LogP contribution is 2.23. The summed E-state index contributed by atoms with van der Waals surface area (Å²) < 4.78 is 7.03. The van der Waals surface area contributed by atoms with E-state index in [1.54, 1.807) is 10.9 Å². The Balaban J connectivity index is 1.94. The quantitative estimate of drug-likeness (QED) is 0.838. The molecule has 3 rings (SSSR count). The Morgan fingerprint density at radius 2 is 2.17 bits per heavy atom. The number of anilines is 1. The van der Waals surface area contributed by atoms with Crippen molar-refractivity contribution in [1.29, 1.82) is 0 Å². The lowest BCUT2D eigenvalue weighted by Gasteiger charge is -2.23. The van der Waals surface area contributed by atoms with E-state index in [0.29, 0.717) is 6.04 Å². The van der Waals surface area contributed by atoms with Crippen LogP contribution in [0.5, 0.6) is 0 Å². The second-order valence-corrected chi connectivity index (χ2v) is 4.72. The first-order valence-corrected chi connectivity index (χ1v) is 6.31. The van der Waals surface area contributed by atoms with Crippen LogP contribution in [0.4, 0.5) is 5.82 Å². The number of fused-ring (bicyclic) bond motifs is 1. The summed E-state index contributed by atoms with van der Waals surface area (Å²) in [6.45, 7) is 1.57. The third-order valence-corrected chi connectivity index (χ3v) is 3.30. The molecule has 0 amide bonds. The van der Waals surface area contributed by atoms with Gasteiger partial charge in [-0.25, -0.2) is 0 Å². The number of rotatable bonds is 2. The molecule has 0 atom stereocenters. The lowest BCUT2D eigenvalue weighted by atomic mass is 10.1. The lowest BCUT2D eigenvalue weighted by molar-refractivity contribution is 0.0904. The van der Waals surface area contributed by atoms with Crippen LogP contribution in [0, 0.1) is 0 Å². The van der Waals surface area contributed by atoms with Gasteiger partial charge in [0, 0.05) is 26.3 Å². The van der Waals surface area contributed by atoms with Crippen molar-refractivity contribution < 1.29 is 4.74 Å². The molecule has 0 radical (unpaired) electrons. The highest BCUT2D eigenvalue weighted by molar-refractivity contribution is 6.28. The summed E-state index contributed by atoms with van der Waals surface area (Å²) >= 11 is 5.94. The average molecular weight is 268 g/mol. The van der Waals surface area contributed by atoms with Crippen LogP contribution in [-0.2, 0) is 11.8 Å². The van der Waals surface area contributed by atoms with E-state index < -0.39 is 0 Å². The maximum absolute atomic E-state index is 5.94. The molecule has 0 aromatic carbocycles. The van der Waals surface area contributed by atoms with Crippen molar-refractivity contribution in [1.82, 2.24) is 19.7 Å². The van der Waals surface area contributed by atoms with Crippen LogP contribution >= 0.6 is 11.6 Å². The molecule has 0 spiro atoms. The van der Waals surface area contributed by atoms with Gasteiger partial charge in [-0.15, -0.1) is 0 Å². The van der Waals surface area contributed by atoms with Gasteiger partial charge in [-0.1, -0.05) is 0 Å². The van der Waals surface area contributed by atoms with Crippen LogP contribution in [0.2, 0.25) is 5.28 Å². The predicted molar refractivity (Wildman–Crippen MR) is 68.8 cm³/mol. The molecule has 0 bridgehead atoms. The van der Waals surface area contributed by atoms with Crippen molar-refractivity contribution in [2.45, 2.75) is 18.9 Å². The summed E-state index contributed by atoms with van der Waals surface area (Å²) in [5, 5.41) is 8.72. The maximum atomic E-state index is 5.94. The second-order valence-electron chi connectivity index (χ2n) is 4.38. The van der Waals surface area contributed by atoms with Crippen molar-refractivity contribution in [3.8, 4) is 0 Å². The van der Waals surface area contributed by atoms with Gasteiger partial charge >= 0.3 is 0 Å². The molecule has 2 aromatic heterocycles. The molecule has 1 aliphatic rings. The van der Waals surface area contributed by atoms with Crippen LogP contribution < -0.4 is 5.32 Å². The molecule has 1 fully saturated rings. The van der Waals surface area contributed by atoms with E-state index in [1.807, 2.05) is 7.05 Å². The molecule has 0 aliphatic carbocycles. The molecule has 96 valence electrons. The second kappa shape index (κ2) is 4.70. The molecular formula is C11H14ClN5O. The fourth-order valence-electron chi connectivity index (χ4n) is 2.14. The lowest BCUT2D eigenvalue weighted by Crippen LogP contribution is -2.28. The Kier molecular flexibility index (Phi) is 3.05. The Labute approximate surface area is 109 Å². The number of aryl methyl sites for hydroxylation is 1. The van der Waals surface area contributed by atoms with E-state index in [9.17, 15) is 0 Å². The first kappa shape index (κ1) is 11.7. The molecule has 3 heterocycles. The van der Waals surface area contributed by atoms with E-state index >= 15 is 0 Å². The van der Waals surface area contributed by atoms with E-state index in [2.05, 4.69) is 20.4 Å². The molecule has 1 saturated heterocycles.